The van der Waals surface area contributed by atoms with Crippen molar-refractivity contribution in [3.8, 4) is 23.0 Å². The number of halogens is 3. The first-order valence-corrected chi connectivity index (χ1v) is 11.0. The van der Waals surface area contributed by atoms with E-state index in [4.69, 9.17) is 13.9 Å². The van der Waals surface area contributed by atoms with Crippen LogP contribution in [0.4, 0.5) is 13.2 Å². The molecule has 1 aliphatic heterocycles. The second-order valence-corrected chi connectivity index (χ2v) is 8.14. The van der Waals surface area contributed by atoms with Gasteiger partial charge in [-0.05, 0) is 36.9 Å². The molecule has 1 saturated heterocycles. The first-order valence-electron chi connectivity index (χ1n) is 11.0. The number of hydrogen-bond acceptors (Lipinski definition) is 6. The van der Waals surface area contributed by atoms with Crippen molar-refractivity contribution in [3.05, 3.63) is 57.9 Å². The predicted octanol–water partition coefficient (Wildman–Crippen LogP) is 2.41. The summed E-state index contributed by atoms with van der Waals surface area (Å²) < 4.78 is 57.4. The lowest BCUT2D eigenvalue weighted by Crippen LogP contribution is -3.13. The molecule has 1 aliphatic rings. The number of ether oxygens (including phenoxy) is 2. The standard InChI is InChI=1S/C24H25F3N2O5/c1-3-28-10-12-29(13-11-28)14-18-19(30)9-8-17-20(31)22(23(24(25,26)27)34-21(17)18)33-16-6-4-15(32-2)5-7-16/h4-9,30H,3,10-14H2,1-2H3. The summed E-state index contributed by atoms with van der Waals surface area (Å²) in [6.07, 6.45) is -5.01. The lowest BCUT2D eigenvalue weighted by molar-refractivity contribution is -0.918. The molecule has 34 heavy (non-hydrogen) atoms. The van der Waals surface area contributed by atoms with Crippen molar-refractivity contribution < 1.29 is 37.1 Å². The fraction of sp³-hybridized carbons (Fsp3) is 0.375. The summed E-state index contributed by atoms with van der Waals surface area (Å²) in [7, 11) is 1.45. The number of methoxy groups -OCH3 is 1. The molecule has 3 aromatic rings. The van der Waals surface area contributed by atoms with Crippen LogP contribution in [-0.4, -0.2) is 44.7 Å². The van der Waals surface area contributed by atoms with Gasteiger partial charge in [0.15, 0.2) is 0 Å². The molecular weight excluding hydrogens is 453 g/mol. The van der Waals surface area contributed by atoms with Crippen molar-refractivity contribution in [1.29, 1.82) is 0 Å². The fourth-order valence-electron chi connectivity index (χ4n) is 4.10. The van der Waals surface area contributed by atoms with Crippen LogP contribution in [0.3, 0.4) is 0 Å². The monoisotopic (exact) mass is 478 g/mol. The zero-order valence-corrected chi connectivity index (χ0v) is 18.8. The zero-order valence-electron chi connectivity index (χ0n) is 18.8. The average molecular weight is 478 g/mol. The van der Waals surface area contributed by atoms with Crippen LogP contribution in [0, 0.1) is 0 Å². The van der Waals surface area contributed by atoms with E-state index in [1.807, 2.05) is 0 Å². The van der Waals surface area contributed by atoms with E-state index in [9.17, 15) is 23.1 Å². The zero-order chi connectivity index (χ0) is 24.5. The minimum absolute atomic E-state index is 0.0110. The third-order valence-electron chi connectivity index (χ3n) is 6.05. The van der Waals surface area contributed by atoms with Gasteiger partial charge in [0.2, 0.25) is 11.2 Å². The molecule has 4 rings (SSSR count). The number of rotatable bonds is 6. The van der Waals surface area contributed by atoms with E-state index in [0.717, 1.165) is 37.6 Å². The van der Waals surface area contributed by atoms with Crippen molar-refractivity contribution in [3.63, 3.8) is 0 Å². The van der Waals surface area contributed by atoms with E-state index in [-0.39, 0.29) is 28.8 Å². The number of benzene rings is 2. The Bertz CT molecular complexity index is 1220. The molecule has 0 bridgehead atoms. The van der Waals surface area contributed by atoms with Crippen LogP contribution in [-0.2, 0) is 12.7 Å². The number of likely N-dealkylation sites (N-methyl/N-ethyl adjacent to an activating group) is 1. The first-order chi connectivity index (χ1) is 16.2. The highest BCUT2D eigenvalue weighted by molar-refractivity contribution is 5.83. The Labute approximate surface area is 193 Å². The number of alkyl halides is 3. The van der Waals surface area contributed by atoms with Crippen molar-refractivity contribution >= 4 is 11.0 Å². The van der Waals surface area contributed by atoms with Crippen LogP contribution in [0.1, 0.15) is 18.2 Å². The smallest absolute Gasteiger partial charge is 0.453 e. The second kappa shape index (κ2) is 9.55. The highest BCUT2D eigenvalue weighted by Gasteiger charge is 2.41. The third-order valence-corrected chi connectivity index (χ3v) is 6.05. The van der Waals surface area contributed by atoms with Crippen molar-refractivity contribution in [2.45, 2.75) is 19.6 Å². The number of piperazine rings is 1. The van der Waals surface area contributed by atoms with Crippen LogP contribution in [0.15, 0.2) is 45.6 Å². The van der Waals surface area contributed by atoms with E-state index in [2.05, 4.69) is 11.8 Å². The molecule has 10 heteroatoms. The van der Waals surface area contributed by atoms with Gasteiger partial charge in [-0.15, -0.1) is 0 Å². The van der Waals surface area contributed by atoms with Crippen molar-refractivity contribution in [2.24, 2.45) is 0 Å². The van der Waals surface area contributed by atoms with Gasteiger partial charge in [-0.3, -0.25) is 9.69 Å². The number of fused-ring (bicyclic) bond motifs is 1. The Morgan fingerprint density at radius 1 is 1.09 bits per heavy atom. The highest BCUT2D eigenvalue weighted by atomic mass is 19.4. The maximum absolute atomic E-state index is 13.9. The van der Waals surface area contributed by atoms with Crippen molar-refractivity contribution in [2.75, 3.05) is 39.8 Å². The molecule has 1 aromatic heterocycles. The summed E-state index contributed by atoms with van der Waals surface area (Å²) in [5, 5.41) is 12.5. The Hall–Kier alpha value is -3.24. The van der Waals surface area contributed by atoms with E-state index in [0.29, 0.717) is 5.75 Å². The molecule has 0 saturated carbocycles. The summed E-state index contributed by atoms with van der Waals surface area (Å²) in [6, 6.07) is 8.14. The van der Waals surface area contributed by atoms with Gasteiger partial charge in [-0.2, -0.15) is 13.2 Å². The van der Waals surface area contributed by atoms with Gasteiger partial charge in [-0.1, -0.05) is 18.7 Å². The fourth-order valence-corrected chi connectivity index (χ4v) is 4.10. The second-order valence-electron chi connectivity index (χ2n) is 8.14. The topological polar surface area (TPSA) is 79.4 Å². The molecule has 2 heterocycles. The Balaban J connectivity index is 1.78. The SMILES string of the molecule is CCN1CC[NH+](Cc2c([O-])ccc3c(=O)c(Oc4ccc(OC)cc4)c(C(F)(F)F)oc23)CC1. The summed E-state index contributed by atoms with van der Waals surface area (Å²) in [5.74, 6) is -2.52. The van der Waals surface area contributed by atoms with Crippen molar-refractivity contribution in [1.82, 2.24) is 4.90 Å². The van der Waals surface area contributed by atoms with Gasteiger partial charge in [-0.25, -0.2) is 0 Å². The van der Waals surface area contributed by atoms with Crippen LogP contribution in [0.25, 0.3) is 11.0 Å². The van der Waals surface area contributed by atoms with Gasteiger partial charge < -0.3 is 23.9 Å². The van der Waals surface area contributed by atoms with E-state index in [1.165, 1.54) is 43.5 Å². The molecule has 0 spiro atoms. The third kappa shape index (κ3) is 4.83. The van der Waals surface area contributed by atoms with Gasteiger partial charge in [0.25, 0.3) is 5.76 Å². The molecule has 0 amide bonds. The van der Waals surface area contributed by atoms with Gasteiger partial charge in [0, 0.05) is 18.7 Å². The molecule has 0 unspecified atom stereocenters. The lowest BCUT2D eigenvalue weighted by Gasteiger charge is -2.32. The molecule has 182 valence electrons. The summed E-state index contributed by atoms with van der Waals surface area (Å²) in [5.41, 5.74) is -1.26. The Kier molecular flexibility index (Phi) is 6.72. The molecule has 1 N–H and O–H groups in total. The number of hydrogen-bond donors (Lipinski definition) is 1. The normalized spacial score (nSPS) is 15.6. The molecular formula is C24H25F3N2O5. The lowest BCUT2D eigenvalue weighted by atomic mass is 10.1. The highest BCUT2D eigenvalue weighted by Crippen LogP contribution is 2.39. The molecule has 0 atom stereocenters. The van der Waals surface area contributed by atoms with Gasteiger partial charge in [0.05, 0.1) is 25.6 Å². The Morgan fingerprint density at radius 2 is 1.74 bits per heavy atom. The van der Waals surface area contributed by atoms with Gasteiger partial charge >= 0.3 is 6.18 Å². The van der Waals surface area contributed by atoms with E-state index >= 15 is 0 Å². The minimum Gasteiger partial charge on any atom is -0.872 e. The summed E-state index contributed by atoms with van der Waals surface area (Å²) >= 11 is 0. The van der Waals surface area contributed by atoms with Gasteiger partial charge in [0.1, 0.15) is 23.6 Å². The molecule has 2 aromatic carbocycles. The van der Waals surface area contributed by atoms with Crippen LogP contribution in [0.5, 0.6) is 23.0 Å². The average Bonchev–Trinajstić information content (AvgIpc) is 2.82. The molecule has 1 fully saturated rings. The number of quaternary nitrogens is 1. The maximum atomic E-state index is 13.9. The van der Waals surface area contributed by atoms with E-state index in [1.54, 1.807) is 0 Å². The quantitative estimate of drug-likeness (QED) is 0.586. The summed E-state index contributed by atoms with van der Waals surface area (Å²) in [4.78, 5) is 16.4. The predicted molar refractivity (Wildman–Crippen MR) is 117 cm³/mol. The molecule has 0 radical (unpaired) electrons. The summed E-state index contributed by atoms with van der Waals surface area (Å²) in [6.45, 7) is 6.26. The maximum Gasteiger partial charge on any atom is 0.453 e. The number of nitrogens with zero attached hydrogens (tertiary/aromatic N) is 1. The number of nitrogens with one attached hydrogen (secondary N) is 1. The largest absolute Gasteiger partial charge is 0.872 e. The molecule has 7 nitrogen and oxygen atoms in total. The van der Waals surface area contributed by atoms with Crippen LogP contribution >= 0.6 is 0 Å². The van der Waals surface area contributed by atoms with E-state index < -0.39 is 28.9 Å². The first kappa shape index (κ1) is 23.9. The van der Waals surface area contributed by atoms with Crippen LogP contribution < -0.4 is 24.9 Å². The minimum atomic E-state index is -5.01. The Morgan fingerprint density at radius 3 is 2.32 bits per heavy atom. The molecule has 0 aliphatic carbocycles. The van der Waals surface area contributed by atoms with Crippen LogP contribution in [0.2, 0.25) is 0 Å².